The summed E-state index contributed by atoms with van der Waals surface area (Å²) in [6.45, 7) is -0.297. The minimum absolute atomic E-state index is 0.297. The van der Waals surface area contributed by atoms with Crippen molar-refractivity contribution >= 4 is 11.7 Å². The number of nitrogens with zero attached hydrogens (tertiary/aromatic N) is 2. The second-order valence-electron chi connectivity index (χ2n) is 2.68. The number of carbonyl (C=O) groups is 1. The van der Waals surface area contributed by atoms with E-state index in [1.54, 1.807) is 18.2 Å². The van der Waals surface area contributed by atoms with Crippen LogP contribution in [0, 0.1) is 11.3 Å². The molecule has 0 aliphatic heterocycles. The molecule has 0 amide bonds. The minimum Gasteiger partial charge on any atom is -0.480 e. The Morgan fingerprint density at radius 3 is 2.93 bits per heavy atom. The van der Waals surface area contributed by atoms with Crippen molar-refractivity contribution in [2.24, 2.45) is 5.84 Å². The zero-order valence-electron chi connectivity index (χ0n) is 7.34. The second kappa shape index (κ2) is 4.25. The zero-order valence-corrected chi connectivity index (χ0v) is 7.34. The summed E-state index contributed by atoms with van der Waals surface area (Å²) >= 11 is 0. The Morgan fingerprint density at radius 1 is 1.64 bits per heavy atom. The summed E-state index contributed by atoms with van der Waals surface area (Å²) < 4.78 is 0. The van der Waals surface area contributed by atoms with Crippen LogP contribution in [0.2, 0.25) is 0 Å². The predicted molar refractivity (Wildman–Crippen MR) is 50.3 cm³/mol. The lowest BCUT2D eigenvalue weighted by Crippen LogP contribution is -2.35. The zero-order chi connectivity index (χ0) is 10.6. The van der Waals surface area contributed by atoms with Crippen LogP contribution >= 0.6 is 0 Å². The van der Waals surface area contributed by atoms with Crippen LogP contribution in [0.5, 0.6) is 0 Å². The largest absolute Gasteiger partial charge is 0.480 e. The minimum atomic E-state index is -1.02. The van der Waals surface area contributed by atoms with E-state index < -0.39 is 5.97 Å². The summed E-state index contributed by atoms with van der Waals surface area (Å²) in [6.07, 6.45) is 0. The van der Waals surface area contributed by atoms with Gasteiger partial charge in [0.15, 0.2) is 0 Å². The maximum absolute atomic E-state index is 10.4. The maximum Gasteiger partial charge on any atom is 0.324 e. The number of rotatable bonds is 3. The molecular weight excluding hydrogens is 182 g/mol. The van der Waals surface area contributed by atoms with Crippen LogP contribution in [0.3, 0.4) is 0 Å². The standard InChI is InChI=1S/C9H9N3O2/c10-5-7-2-1-3-8(4-7)12(11)6-9(13)14/h1-4H,6,11H2,(H,13,14). The molecule has 0 unspecified atom stereocenters. The highest BCUT2D eigenvalue weighted by Crippen LogP contribution is 2.12. The number of hydrogen-bond donors (Lipinski definition) is 2. The number of carboxylic acid groups (broad SMARTS) is 1. The van der Waals surface area contributed by atoms with Gasteiger partial charge in [0.1, 0.15) is 6.54 Å². The van der Waals surface area contributed by atoms with Crippen LogP contribution < -0.4 is 10.9 Å². The average molecular weight is 191 g/mol. The summed E-state index contributed by atoms with van der Waals surface area (Å²) in [7, 11) is 0. The van der Waals surface area contributed by atoms with E-state index in [0.717, 1.165) is 5.01 Å². The SMILES string of the molecule is N#Cc1cccc(N(N)CC(=O)O)c1. The van der Waals surface area contributed by atoms with Gasteiger partial charge in [0.05, 0.1) is 17.3 Å². The van der Waals surface area contributed by atoms with Gasteiger partial charge >= 0.3 is 5.97 Å². The maximum atomic E-state index is 10.4. The average Bonchev–Trinajstić information content (AvgIpc) is 2.17. The third-order valence-electron chi connectivity index (χ3n) is 1.61. The molecule has 0 heterocycles. The third kappa shape index (κ3) is 2.47. The lowest BCUT2D eigenvalue weighted by atomic mass is 10.2. The van der Waals surface area contributed by atoms with Gasteiger partial charge in [0, 0.05) is 0 Å². The molecule has 0 spiro atoms. The van der Waals surface area contributed by atoms with Gasteiger partial charge in [0.2, 0.25) is 0 Å². The number of nitrogens with two attached hydrogens (primary N) is 1. The molecule has 0 aromatic heterocycles. The fraction of sp³-hybridized carbons (Fsp3) is 0.111. The Kier molecular flexibility index (Phi) is 3.05. The highest BCUT2D eigenvalue weighted by Gasteiger charge is 2.06. The Hall–Kier alpha value is -2.06. The lowest BCUT2D eigenvalue weighted by Gasteiger charge is -2.15. The van der Waals surface area contributed by atoms with Crippen molar-refractivity contribution in [1.82, 2.24) is 0 Å². The van der Waals surface area contributed by atoms with Crippen LogP contribution in [-0.4, -0.2) is 17.6 Å². The second-order valence-corrected chi connectivity index (χ2v) is 2.68. The molecule has 0 bridgehead atoms. The summed E-state index contributed by atoms with van der Waals surface area (Å²) in [5, 5.41) is 18.2. The van der Waals surface area contributed by atoms with E-state index in [0.29, 0.717) is 11.3 Å². The van der Waals surface area contributed by atoms with E-state index in [9.17, 15) is 4.79 Å². The quantitative estimate of drug-likeness (QED) is 0.530. The first-order valence-electron chi connectivity index (χ1n) is 3.87. The first kappa shape index (κ1) is 10.0. The van der Waals surface area contributed by atoms with Crippen LogP contribution in [0.15, 0.2) is 24.3 Å². The van der Waals surface area contributed by atoms with Crippen LogP contribution in [-0.2, 0) is 4.79 Å². The molecule has 72 valence electrons. The van der Waals surface area contributed by atoms with Gasteiger partial charge in [-0.3, -0.25) is 9.80 Å². The predicted octanol–water partition coefficient (Wildman–Crippen LogP) is 0.323. The van der Waals surface area contributed by atoms with Gasteiger partial charge in [-0.2, -0.15) is 5.26 Å². The van der Waals surface area contributed by atoms with Crippen molar-refractivity contribution in [3.8, 4) is 6.07 Å². The molecule has 0 aliphatic rings. The van der Waals surface area contributed by atoms with Gasteiger partial charge in [-0.1, -0.05) is 6.07 Å². The van der Waals surface area contributed by atoms with Crippen LogP contribution in [0.1, 0.15) is 5.56 Å². The number of anilines is 1. The number of benzene rings is 1. The molecule has 0 fully saturated rings. The molecule has 1 aromatic rings. The molecule has 1 aromatic carbocycles. The van der Waals surface area contributed by atoms with Crippen molar-refractivity contribution in [2.75, 3.05) is 11.6 Å². The monoisotopic (exact) mass is 191 g/mol. The molecule has 0 saturated carbocycles. The van der Waals surface area contributed by atoms with Crippen molar-refractivity contribution in [2.45, 2.75) is 0 Å². The molecule has 1 rings (SSSR count). The van der Waals surface area contributed by atoms with E-state index in [2.05, 4.69) is 0 Å². The van der Waals surface area contributed by atoms with E-state index in [1.165, 1.54) is 6.07 Å². The Morgan fingerprint density at radius 2 is 2.36 bits per heavy atom. The van der Waals surface area contributed by atoms with Gasteiger partial charge in [-0.25, -0.2) is 5.84 Å². The highest BCUT2D eigenvalue weighted by atomic mass is 16.4. The van der Waals surface area contributed by atoms with Crippen molar-refractivity contribution in [3.05, 3.63) is 29.8 Å². The summed E-state index contributed by atoms with van der Waals surface area (Å²) in [5.74, 6) is 4.44. The van der Waals surface area contributed by atoms with Gasteiger partial charge in [-0.15, -0.1) is 0 Å². The number of aliphatic carboxylic acids is 1. The van der Waals surface area contributed by atoms with Crippen LogP contribution in [0.25, 0.3) is 0 Å². The number of nitriles is 1. The van der Waals surface area contributed by atoms with Crippen molar-refractivity contribution in [1.29, 1.82) is 5.26 Å². The van der Waals surface area contributed by atoms with E-state index in [-0.39, 0.29) is 6.54 Å². The first-order valence-corrected chi connectivity index (χ1v) is 3.87. The first-order chi connectivity index (χ1) is 6.63. The van der Waals surface area contributed by atoms with Gasteiger partial charge < -0.3 is 5.11 Å². The molecule has 0 radical (unpaired) electrons. The number of hydrogen-bond acceptors (Lipinski definition) is 4. The number of carboxylic acids is 1. The molecule has 0 atom stereocenters. The summed E-state index contributed by atoms with van der Waals surface area (Å²) in [4.78, 5) is 10.4. The molecule has 14 heavy (non-hydrogen) atoms. The molecule has 0 saturated heterocycles. The Balaban J connectivity index is 2.85. The van der Waals surface area contributed by atoms with Gasteiger partial charge in [0.25, 0.3) is 0 Å². The Labute approximate surface area is 80.9 Å². The van der Waals surface area contributed by atoms with E-state index in [1.807, 2.05) is 6.07 Å². The Bertz CT molecular complexity index is 384. The molecule has 5 heteroatoms. The molecule has 5 nitrogen and oxygen atoms in total. The van der Waals surface area contributed by atoms with Gasteiger partial charge in [-0.05, 0) is 18.2 Å². The van der Waals surface area contributed by atoms with Crippen molar-refractivity contribution in [3.63, 3.8) is 0 Å². The smallest absolute Gasteiger partial charge is 0.324 e. The van der Waals surface area contributed by atoms with E-state index in [4.69, 9.17) is 16.2 Å². The summed E-state index contributed by atoms with van der Waals surface area (Å²) in [5.41, 5.74) is 0.954. The fourth-order valence-electron chi connectivity index (χ4n) is 0.991. The lowest BCUT2D eigenvalue weighted by molar-refractivity contribution is -0.135. The molecule has 3 N–H and O–H groups in total. The fourth-order valence-corrected chi connectivity index (χ4v) is 0.991. The van der Waals surface area contributed by atoms with Crippen LogP contribution in [0.4, 0.5) is 5.69 Å². The highest BCUT2D eigenvalue weighted by molar-refractivity contribution is 5.73. The van der Waals surface area contributed by atoms with E-state index >= 15 is 0 Å². The topological polar surface area (TPSA) is 90.4 Å². The number of hydrazine groups is 1. The molecular formula is C9H9N3O2. The van der Waals surface area contributed by atoms with Crippen molar-refractivity contribution < 1.29 is 9.90 Å². The molecule has 0 aliphatic carbocycles. The normalized spacial score (nSPS) is 9.14. The summed E-state index contributed by atoms with van der Waals surface area (Å²) in [6, 6.07) is 8.39. The third-order valence-corrected chi connectivity index (χ3v) is 1.61.